The minimum Gasteiger partial charge on any atom is -0.233 e. The standard InChI is InChI=1S/C15H15ClF2N2/c1-9(2)6-12-8-13(16)20-15(19-12)11-5-3-4-10(7-11)14(17)18/h3-5,7-9,14H,6H2,1-2H3. The number of alkyl halides is 2. The van der Waals surface area contributed by atoms with Gasteiger partial charge >= 0.3 is 0 Å². The Morgan fingerprint density at radius 3 is 2.55 bits per heavy atom. The first-order chi connectivity index (χ1) is 9.45. The molecule has 1 aromatic heterocycles. The Hall–Kier alpha value is -1.55. The van der Waals surface area contributed by atoms with Crippen molar-refractivity contribution in [3.05, 3.63) is 46.7 Å². The third-order valence-corrected chi connectivity index (χ3v) is 2.96. The average Bonchev–Trinajstić information content (AvgIpc) is 2.37. The van der Waals surface area contributed by atoms with Gasteiger partial charge in [-0.3, -0.25) is 0 Å². The van der Waals surface area contributed by atoms with Crippen LogP contribution in [0.1, 0.15) is 31.5 Å². The number of rotatable bonds is 4. The van der Waals surface area contributed by atoms with Crippen LogP contribution in [0.2, 0.25) is 5.15 Å². The molecule has 2 aromatic rings. The number of hydrogen-bond donors (Lipinski definition) is 0. The zero-order valence-corrected chi connectivity index (χ0v) is 12.0. The molecular weight excluding hydrogens is 282 g/mol. The molecule has 2 nitrogen and oxygen atoms in total. The first-order valence-electron chi connectivity index (χ1n) is 6.37. The van der Waals surface area contributed by atoms with Crippen LogP contribution < -0.4 is 0 Å². The van der Waals surface area contributed by atoms with Gasteiger partial charge in [-0.1, -0.05) is 43.6 Å². The monoisotopic (exact) mass is 296 g/mol. The van der Waals surface area contributed by atoms with E-state index in [2.05, 4.69) is 23.8 Å². The second kappa shape index (κ2) is 6.27. The summed E-state index contributed by atoms with van der Waals surface area (Å²) in [6.45, 7) is 4.15. The fourth-order valence-electron chi connectivity index (χ4n) is 1.93. The Balaban J connectivity index is 2.41. The first-order valence-corrected chi connectivity index (χ1v) is 6.75. The molecule has 1 heterocycles. The molecule has 0 radical (unpaired) electrons. The Labute approximate surface area is 121 Å². The first kappa shape index (κ1) is 14.9. The van der Waals surface area contributed by atoms with Gasteiger partial charge in [0.05, 0.1) is 0 Å². The summed E-state index contributed by atoms with van der Waals surface area (Å²) in [6, 6.07) is 7.77. The minimum absolute atomic E-state index is 0.0449. The third kappa shape index (κ3) is 3.73. The van der Waals surface area contributed by atoms with E-state index < -0.39 is 6.43 Å². The zero-order valence-electron chi connectivity index (χ0n) is 11.3. The van der Waals surface area contributed by atoms with Crippen LogP contribution in [0, 0.1) is 5.92 Å². The summed E-state index contributed by atoms with van der Waals surface area (Å²) in [5.41, 5.74) is 1.32. The van der Waals surface area contributed by atoms with Crippen molar-refractivity contribution in [2.24, 2.45) is 5.92 Å². The lowest BCUT2D eigenvalue weighted by molar-refractivity contribution is 0.151. The predicted molar refractivity (Wildman–Crippen MR) is 76.0 cm³/mol. The molecule has 20 heavy (non-hydrogen) atoms. The van der Waals surface area contributed by atoms with Gasteiger partial charge in [0, 0.05) is 16.8 Å². The molecule has 0 unspecified atom stereocenters. The molecule has 2 rings (SSSR count). The molecule has 0 saturated heterocycles. The number of hydrogen-bond acceptors (Lipinski definition) is 2. The normalized spacial score (nSPS) is 11.3. The average molecular weight is 297 g/mol. The maximum atomic E-state index is 12.7. The van der Waals surface area contributed by atoms with Gasteiger partial charge in [-0.25, -0.2) is 18.7 Å². The van der Waals surface area contributed by atoms with E-state index in [9.17, 15) is 8.78 Å². The summed E-state index contributed by atoms with van der Waals surface area (Å²) >= 11 is 5.99. The Bertz CT molecular complexity index is 600. The van der Waals surface area contributed by atoms with Gasteiger partial charge in [-0.05, 0) is 24.5 Å². The van der Waals surface area contributed by atoms with Crippen LogP contribution >= 0.6 is 11.6 Å². The molecule has 1 aromatic carbocycles. The molecule has 0 aliphatic heterocycles. The van der Waals surface area contributed by atoms with Gasteiger partial charge in [0.15, 0.2) is 5.82 Å². The van der Waals surface area contributed by atoms with Crippen molar-refractivity contribution in [3.8, 4) is 11.4 Å². The van der Waals surface area contributed by atoms with E-state index in [4.69, 9.17) is 11.6 Å². The van der Waals surface area contributed by atoms with Crippen LogP contribution in [-0.4, -0.2) is 9.97 Å². The molecular formula is C15H15ClF2N2. The van der Waals surface area contributed by atoms with Crippen molar-refractivity contribution in [1.82, 2.24) is 9.97 Å². The van der Waals surface area contributed by atoms with Gasteiger partial charge in [-0.2, -0.15) is 0 Å². The van der Waals surface area contributed by atoms with Crippen LogP contribution in [0.5, 0.6) is 0 Å². The number of benzene rings is 1. The number of nitrogens with zero attached hydrogens (tertiary/aromatic N) is 2. The second-order valence-electron chi connectivity index (χ2n) is 5.03. The molecule has 0 spiro atoms. The summed E-state index contributed by atoms with van der Waals surface area (Å²) in [6.07, 6.45) is -1.74. The maximum absolute atomic E-state index is 12.7. The van der Waals surface area contributed by atoms with Crippen LogP contribution in [0.25, 0.3) is 11.4 Å². The van der Waals surface area contributed by atoms with Crippen LogP contribution in [0.15, 0.2) is 30.3 Å². The van der Waals surface area contributed by atoms with E-state index >= 15 is 0 Å². The highest BCUT2D eigenvalue weighted by Gasteiger charge is 2.11. The van der Waals surface area contributed by atoms with E-state index in [0.29, 0.717) is 22.5 Å². The maximum Gasteiger partial charge on any atom is 0.263 e. The van der Waals surface area contributed by atoms with E-state index in [1.54, 1.807) is 18.2 Å². The zero-order chi connectivity index (χ0) is 14.7. The highest BCUT2D eigenvalue weighted by atomic mass is 35.5. The molecule has 0 N–H and O–H groups in total. The van der Waals surface area contributed by atoms with E-state index in [-0.39, 0.29) is 5.56 Å². The third-order valence-electron chi connectivity index (χ3n) is 2.76. The van der Waals surface area contributed by atoms with Gasteiger partial charge in [0.2, 0.25) is 0 Å². The summed E-state index contributed by atoms with van der Waals surface area (Å²) < 4.78 is 25.5. The van der Waals surface area contributed by atoms with Crippen molar-refractivity contribution in [1.29, 1.82) is 0 Å². The summed E-state index contributed by atoms with van der Waals surface area (Å²) in [5, 5.41) is 0.327. The van der Waals surface area contributed by atoms with Crippen molar-refractivity contribution in [2.45, 2.75) is 26.7 Å². The van der Waals surface area contributed by atoms with E-state index in [1.165, 1.54) is 12.1 Å². The molecule has 0 bridgehead atoms. The fraction of sp³-hybridized carbons (Fsp3) is 0.333. The lowest BCUT2D eigenvalue weighted by Gasteiger charge is -2.08. The lowest BCUT2D eigenvalue weighted by atomic mass is 10.1. The van der Waals surface area contributed by atoms with Gasteiger partial charge in [0.1, 0.15) is 5.15 Å². The number of aromatic nitrogens is 2. The Morgan fingerprint density at radius 1 is 1.15 bits per heavy atom. The molecule has 106 valence electrons. The van der Waals surface area contributed by atoms with Crippen LogP contribution in [0.3, 0.4) is 0 Å². The van der Waals surface area contributed by atoms with Crippen molar-refractivity contribution in [2.75, 3.05) is 0 Å². The lowest BCUT2D eigenvalue weighted by Crippen LogP contribution is -2.01. The minimum atomic E-state index is -2.51. The summed E-state index contributed by atoms with van der Waals surface area (Å²) in [4.78, 5) is 8.53. The summed E-state index contributed by atoms with van der Waals surface area (Å²) in [7, 11) is 0. The molecule has 0 saturated carbocycles. The smallest absolute Gasteiger partial charge is 0.233 e. The molecule has 0 aliphatic rings. The Kier molecular flexibility index (Phi) is 4.65. The van der Waals surface area contributed by atoms with E-state index in [1.807, 2.05) is 0 Å². The molecule has 0 atom stereocenters. The second-order valence-corrected chi connectivity index (χ2v) is 5.42. The number of halogens is 3. The molecule has 5 heteroatoms. The molecule has 0 fully saturated rings. The molecule has 0 amide bonds. The van der Waals surface area contributed by atoms with Crippen LogP contribution in [-0.2, 0) is 6.42 Å². The predicted octanol–water partition coefficient (Wildman–Crippen LogP) is 4.93. The highest BCUT2D eigenvalue weighted by Crippen LogP contribution is 2.25. The summed E-state index contributed by atoms with van der Waals surface area (Å²) in [5.74, 6) is 0.817. The van der Waals surface area contributed by atoms with Gasteiger partial charge < -0.3 is 0 Å². The topological polar surface area (TPSA) is 25.8 Å². The van der Waals surface area contributed by atoms with Gasteiger partial charge in [0.25, 0.3) is 6.43 Å². The van der Waals surface area contributed by atoms with E-state index in [0.717, 1.165) is 12.1 Å². The fourth-order valence-corrected chi connectivity index (χ4v) is 2.14. The molecule has 0 aliphatic carbocycles. The Morgan fingerprint density at radius 2 is 1.90 bits per heavy atom. The quantitative estimate of drug-likeness (QED) is 0.747. The SMILES string of the molecule is CC(C)Cc1cc(Cl)nc(-c2cccc(C(F)F)c2)n1. The van der Waals surface area contributed by atoms with Crippen molar-refractivity contribution >= 4 is 11.6 Å². The van der Waals surface area contributed by atoms with Crippen LogP contribution in [0.4, 0.5) is 8.78 Å². The van der Waals surface area contributed by atoms with Crippen molar-refractivity contribution in [3.63, 3.8) is 0 Å². The largest absolute Gasteiger partial charge is 0.263 e. The highest BCUT2D eigenvalue weighted by molar-refractivity contribution is 6.29. The van der Waals surface area contributed by atoms with Gasteiger partial charge in [-0.15, -0.1) is 0 Å². The van der Waals surface area contributed by atoms with Crippen molar-refractivity contribution < 1.29 is 8.78 Å².